The fraction of sp³-hybridized carbons (Fsp3) is 0.200. The van der Waals surface area contributed by atoms with E-state index in [0.717, 1.165) is 9.90 Å². The second kappa shape index (κ2) is 5.29. The van der Waals surface area contributed by atoms with Crippen LogP contribution in [0.4, 0.5) is 5.13 Å². The van der Waals surface area contributed by atoms with Gasteiger partial charge in [-0.15, -0.1) is 10.2 Å². The molecular formula is C10H11N3OS2. The molecule has 2 aromatic rings. The molecule has 6 heteroatoms. The number of rotatable bonds is 4. The van der Waals surface area contributed by atoms with Gasteiger partial charge in [-0.25, -0.2) is 0 Å². The molecule has 1 unspecified atom stereocenters. The minimum atomic E-state index is -0.490. The number of aliphatic hydroxyl groups excluding tert-OH is 1. The second-order valence-electron chi connectivity index (χ2n) is 3.14. The van der Waals surface area contributed by atoms with Crippen molar-refractivity contribution in [1.29, 1.82) is 0 Å². The third-order valence-corrected chi connectivity index (χ3v) is 3.93. The largest absolute Gasteiger partial charge is 0.388 e. The molecule has 1 atom stereocenters. The summed E-state index contributed by atoms with van der Waals surface area (Å²) in [5.74, 6) is 0.554. The first-order valence-electron chi connectivity index (χ1n) is 4.70. The zero-order valence-corrected chi connectivity index (χ0v) is 10.0. The molecular weight excluding hydrogens is 242 g/mol. The van der Waals surface area contributed by atoms with E-state index in [-0.39, 0.29) is 0 Å². The van der Waals surface area contributed by atoms with Gasteiger partial charge in [-0.05, 0) is 5.56 Å². The Kier molecular flexibility index (Phi) is 3.76. The quantitative estimate of drug-likeness (QED) is 0.815. The van der Waals surface area contributed by atoms with Crippen LogP contribution in [-0.2, 0) is 0 Å². The van der Waals surface area contributed by atoms with E-state index in [1.807, 2.05) is 30.3 Å². The van der Waals surface area contributed by atoms with E-state index in [1.54, 1.807) is 0 Å². The number of nitrogen functional groups attached to an aromatic ring is 1. The van der Waals surface area contributed by atoms with Gasteiger partial charge >= 0.3 is 0 Å². The van der Waals surface area contributed by atoms with Gasteiger partial charge in [0.2, 0.25) is 5.13 Å². The maximum absolute atomic E-state index is 9.89. The maximum Gasteiger partial charge on any atom is 0.203 e. The Balaban J connectivity index is 1.91. The van der Waals surface area contributed by atoms with E-state index in [1.165, 1.54) is 23.1 Å². The SMILES string of the molecule is Nc1nnc(SCC(O)c2ccccc2)s1. The first-order valence-corrected chi connectivity index (χ1v) is 6.50. The van der Waals surface area contributed by atoms with E-state index in [9.17, 15) is 5.11 Å². The highest BCUT2D eigenvalue weighted by Gasteiger charge is 2.09. The van der Waals surface area contributed by atoms with Gasteiger partial charge in [0.15, 0.2) is 4.34 Å². The van der Waals surface area contributed by atoms with Crippen molar-refractivity contribution in [1.82, 2.24) is 10.2 Å². The average molecular weight is 253 g/mol. The molecule has 1 aromatic heterocycles. The molecule has 0 radical (unpaired) electrons. The summed E-state index contributed by atoms with van der Waals surface area (Å²) in [5, 5.41) is 17.9. The zero-order chi connectivity index (χ0) is 11.4. The highest BCUT2D eigenvalue weighted by molar-refractivity contribution is 8.01. The first kappa shape index (κ1) is 11.4. The van der Waals surface area contributed by atoms with Crippen LogP contribution in [0.1, 0.15) is 11.7 Å². The molecule has 0 spiro atoms. The van der Waals surface area contributed by atoms with E-state index < -0.39 is 6.10 Å². The minimum absolute atomic E-state index is 0.455. The van der Waals surface area contributed by atoms with Crippen LogP contribution >= 0.6 is 23.1 Å². The highest BCUT2D eigenvalue weighted by atomic mass is 32.2. The summed E-state index contributed by atoms with van der Waals surface area (Å²) in [6, 6.07) is 9.55. The Labute approximate surface area is 102 Å². The molecule has 0 bridgehead atoms. The van der Waals surface area contributed by atoms with Crippen LogP contribution in [0.15, 0.2) is 34.7 Å². The van der Waals surface area contributed by atoms with Crippen molar-refractivity contribution in [2.45, 2.75) is 10.4 Å². The molecule has 0 aliphatic carbocycles. The Morgan fingerprint density at radius 1 is 1.31 bits per heavy atom. The van der Waals surface area contributed by atoms with Crippen molar-refractivity contribution in [2.24, 2.45) is 0 Å². The third-order valence-electron chi connectivity index (χ3n) is 1.97. The molecule has 0 fully saturated rings. The predicted octanol–water partition coefficient (Wildman–Crippen LogP) is 1.95. The van der Waals surface area contributed by atoms with Crippen LogP contribution in [0.5, 0.6) is 0 Å². The lowest BCUT2D eigenvalue weighted by atomic mass is 10.1. The molecule has 1 aromatic carbocycles. The zero-order valence-electron chi connectivity index (χ0n) is 8.41. The normalized spacial score (nSPS) is 12.6. The van der Waals surface area contributed by atoms with Crippen molar-refractivity contribution in [3.05, 3.63) is 35.9 Å². The molecule has 3 N–H and O–H groups in total. The van der Waals surface area contributed by atoms with Crippen molar-refractivity contribution < 1.29 is 5.11 Å². The van der Waals surface area contributed by atoms with Gasteiger partial charge in [0.05, 0.1) is 6.10 Å². The fourth-order valence-electron chi connectivity index (χ4n) is 1.20. The molecule has 2 rings (SSSR count). The van der Waals surface area contributed by atoms with Crippen molar-refractivity contribution >= 4 is 28.2 Å². The summed E-state index contributed by atoms with van der Waals surface area (Å²) in [4.78, 5) is 0. The highest BCUT2D eigenvalue weighted by Crippen LogP contribution is 2.27. The van der Waals surface area contributed by atoms with Gasteiger partial charge in [-0.3, -0.25) is 0 Å². The standard InChI is InChI=1S/C10H11N3OS2/c11-9-12-13-10(16-9)15-6-8(14)7-4-2-1-3-5-7/h1-5,8,14H,6H2,(H2,11,12). The number of aromatic nitrogens is 2. The number of nitrogens with zero attached hydrogens (tertiary/aromatic N) is 2. The fourth-order valence-corrected chi connectivity index (χ4v) is 2.83. The third kappa shape index (κ3) is 2.94. The Morgan fingerprint density at radius 2 is 2.06 bits per heavy atom. The number of nitrogens with two attached hydrogens (primary N) is 1. The predicted molar refractivity (Wildman–Crippen MR) is 66.4 cm³/mol. The topological polar surface area (TPSA) is 72.0 Å². The summed E-state index contributed by atoms with van der Waals surface area (Å²) >= 11 is 2.79. The van der Waals surface area contributed by atoms with Gasteiger partial charge in [-0.2, -0.15) is 0 Å². The average Bonchev–Trinajstić information content (AvgIpc) is 2.73. The molecule has 16 heavy (non-hydrogen) atoms. The molecule has 0 amide bonds. The number of aliphatic hydroxyl groups is 1. The van der Waals surface area contributed by atoms with Gasteiger partial charge in [0, 0.05) is 5.75 Å². The van der Waals surface area contributed by atoms with Gasteiger partial charge in [-0.1, -0.05) is 53.4 Å². The van der Waals surface area contributed by atoms with Crippen LogP contribution in [0.2, 0.25) is 0 Å². The van der Waals surface area contributed by atoms with E-state index in [4.69, 9.17) is 5.73 Å². The molecule has 4 nitrogen and oxygen atoms in total. The number of anilines is 1. The van der Waals surface area contributed by atoms with E-state index >= 15 is 0 Å². The second-order valence-corrected chi connectivity index (χ2v) is 5.42. The lowest BCUT2D eigenvalue weighted by molar-refractivity contribution is 0.204. The maximum atomic E-state index is 9.89. The number of hydrogen-bond acceptors (Lipinski definition) is 6. The van der Waals surface area contributed by atoms with Crippen LogP contribution in [0.3, 0.4) is 0 Å². The van der Waals surface area contributed by atoms with E-state index in [0.29, 0.717) is 10.9 Å². The lowest BCUT2D eigenvalue weighted by Gasteiger charge is -2.08. The Hall–Kier alpha value is -1.11. The van der Waals surface area contributed by atoms with Gasteiger partial charge < -0.3 is 10.8 Å². The van der Waals surface area contributed by atoms with Crippen molar-refractivity contribution in [2.75, 3.05) is 11.5 Å². The van der Waals surface area contributed by atoms with Crippen molar-refractivity contribution in [3.63, 3.8) is 0 Å². The molecule has 0 aliphatic heterocycles. The summed E-state index contributed by atoms with van der Waals surface area (Å²) < 4.78 is 0.785. The summed E-state index contributed by atoms with van der Waals surface area (Å²) in [7, 11) is 0. The van der Waals surface area contributed by atoms with Crippen molar-refractivity contribution in [3.8, 4) is 0 Å². The van der Waals surface area contributed by atoms with Crippen LogP contribution in [0, 0.1) is 0 Å². The smallest absolute Gasteiger partial charge is 0.203 e. The molecule has 84 valence electrons. The molecule has 0 aliphatic rings. The van der Waals surface area contributed by atoms with Gasteiger partial charge in [0.1, 0.15) is 0 Å². The molecule has 0 saturated heterocycles. The summed E-state index contributed by atoms with van der Waals surface area (Å²) in [6.07, 6.45) is -0.490. The van der Waals surface area contributed by atoms with E-state index in [2.05, 4.69) is 10.2 Å². The number of benzene rings is 1. The monoisotopic (exact) mass is 253 g/mol. The van der Waals surface area contributed by atoms with Crippen LogP contribution in [0.25, 0.3) is 0 Å². The summed E-state index contributed by atoms with van der Waals surface area (Å²) in [6.45, 7) is 0. The minimum Gasteiger partial charge on any atom is -0.388 e. The Morgan fingerprint density at radius 3 is 2.69 bits per heavy atom. The number of hydrogen-bond donors (Lipinski definition) is 2. The molecule has 0 saturated carbocycles. The lowest BCUT2D eigenvalue weighted by Crippen LogP contribution is -1.99. The van der Waals surface area contributed by atoms with Crippen LogP contribution in [-0.4, -0.2) is 21.1 Å². The van der Waals surface area contributed by atoms with Crippen LogP contribution < -0.4 is 5.73 Å². The van der Waals surface area contributed by atoms with Gasteiger partial charge in [0.25, 0.3) is 0 Å². The summed E-state index contributed by atoms with van der Waals surface area (Å²) in [5.41, 5.74) is 6.37. The first-order chi connectivity index (χ1) is 7.75. The molecule has 1 heterocycles. The Bertz CT molecular complexity index is 446. The number of thioether (sulfide) groups is 1.